The Morgan fingerprint density at radius 2 is 0.958 bits per heavy atom. The number of methoxy groups -OCH3 is 2. The van der Waals surface area contributed by atoms with Crippen LogP contribution < -0.4 is 50.3 Å². The van der Waals surface area contributed by atoms with Gasteiger partial charge < -0.3 is 50.3 Å². The summed E-state index contributed by atoms with van der Waals surface area (Å²) in [6.07, 6.45) is -0.718. The molecule has 2 heterocycles. The number of hydrogen-bond acceptors (Lipinski definition) is 10. The third kappa shape index (κ3) is 10.3. The van der Waals surface area contributed by atoms with Gasteiger partial charge in [-0.1, -0.05) is 80.4 Å². The lowest BCUT2D eigenvalue weighted by atomic mass is 10.0. The molecule has 0 spiro atoms. The van der Waals surface area contributed by atoms with Crippen LogP contribution in [-0.4, -0.2) is 101 Å². The van der Waals surface area contributed by atoms with Gasteiger partial charge >= 0.3 is 0 Å². The molecule has 6 amide bonds. The van der Waals surface area contributed by atoms with Crippen LogP contribution in [0.25, 0.3) is 21.5 Å². The number of ether oxygens (including phenoxy) is 2. The second-order valence-corrected chi connectivity index (χ2v) is 19.2. The second-order valence-electron chi connectivity index (χ2n) is 17.4. The molecule has 0 saturated carbocycles. The number of nitrogens with one attached hydrogen (secondary N) is 4. The first kappa shape index (κ1) is 50.5. The molecule has 6 aromatic carbocycles. The van der Waals surface area contributed by atoms with Crippen LogP contribution in [0.15, 0.2) is 118 Å². The molecule has 4 N–H and O–H groups in total. The second kappa shape index (κ2) is 21.6. The lowest BCUT2D eigenvalue weighted by molar-refractivity contribution is -0.129. The normalized spacial score (nSPS) is 16.7. The molecule has 368 valence electrons. The number of carbonyl (C=O) groups excluding carboxylic acids is 6. The molecule has 0 fully saturated rings. The Morgan fingerprint density at radius 3 is 1.32 bits per heavy atom. The molecule has 0 radical (unpaired) electrons. The lowest BCUT2D eigenvalue weighted by Crippen LogP contribution is -2.56. The van der Waals surface area contributed by atoms with Crippen LogP contribution >= 0.6 is 31.9 Å². The van der Waals surface area contributed by atoms with Crippen molar-refractivity contribution in [3.63, 3.8) is 0 Å². The summed E-state index contributed by atoms with van der Waals surface area (Å²) in [4.78, 5) is 93.2. The molecular weight excluding hydrogens is 1040 g/mol. The SMILES string of the molecule is CN[C@@H](C)C(=O)N[C@H]1CN(C(=O)CC(=O)N2C[C@H](NC(=O)[C@H](C)NC)C(=O)N(Cc3c(OC)ccc4cc(Br)ccc34)c3ccccc32)c2ccccc2N(Cc2c(OC)ccc3cc(Br)ccc23)C1=O. The molecule has 0 aliphatic carbocycles. The fraction of sp³-hybridized carbons (Fsp3) is 0.283. The third-order valence-corrected chi connectivity index (χ3v) is 14.1. The number of para-hydroxylation sites is 4. The molecular formula is C53H54Br2N8O8. The first-order chi connectivity index (χ1) is 34.1. The van der Waals surface area contributed by atoms with Gasteiger partial charge in [0.25, 0.3) is 11.8 Å². The maximum absolute atomic E-state index is 15.1. The van der Waals surface area contributed by atoms with Gasteiger partial charge in [-0.2, -0.15) is 0 Å². The lowest BCUT2D eigenvalue weighted by Gasteiger charge is -2.28. The fourth-order valence-electron chi connectivity index (χ4n) is 9.08. The van der Waals surface area contributed by atoms with E-state index in [1.54, 1.807) is 90.7 Å². The number of nitrogens with zero attached hydrogens (tertiary/aromatic N) is 4. The number of amides is 6. The maximum atomic E-state index is 15.1. The standard InChI is InChI=1S/C53H54Br2N8O8/c1-30(56-3)50(66)58-40-28-60(42-11-7-9-13-44(42)62(52(40)68)26-38-36-19-17-34(54)23-32(36)15-21-46(38)70-5)48(64)25-49(65)61-29-41(59-51(67)31(2)57-4)53(69)63(45-14-10-8-12-43(45)61)27-39-37-20-18-35(55)24-33(37)16-22-47(39)71-6/h7-24,30-31,40-41,56-57H,25-29H2,1-6H3,(H,58,66)(H,59,67)/t30-,31-,40-,41-/m0/s1. The van der Waals surface area contributed by atoms with E-state index in [1.165, 1.54) is 19.6 Å². The minimum atomic E-state index is -1.26. The Labute approximate surface area is 428 Å². The molecule has 0 unspecified atom stereocenters. The van der Waals surface area contributed by atoms with Crippen LogP contribution in [0.2, 0.25) is 0 Å². The van der Waals surface area contributed by atoms with Gasteiger partial charge in [0.1, 0.15) is 30.0 Å². The number of fused-ring (bicyclic) bond motifs is 4. The quantitative estimate of drug-likeness (QED) is 0.0872. The zero-order chi connectivity index (χ0) is 50.7. The summed E-state index contributed by atoms with van der Waals surface area (Å²) in [6, 6.07) is 29.0. The Bertz CT molecular complexity index is 2880. The van der Waals surface area contributed by atoms with Crippen molar-refractivity contribution in [2.45, 2.75) is 57.5 Å². The highest BCUT2D eigenvalue weighted by Crippen LogP contribution is 2.40. The highest BCUT2D eigenvalue weighted by molar-refractivity contribution is 9.10. The molecule has 0 bridgehead atoms. The summed E-state index contributed by atoms with van der Waals surface area (Å²) in [5, 5.41) is 15.0. The first-order valence-corrected chi connectivity index (χ1v) is 24.6. The van der Waals surface area contributed by atoms with Gasteiger partial charge in [0.2, 0.25) is 23.6 Å². The summed E-state index contributed by atoms with van der Waals surface area (Å²) < 4.78 is 13.4. The summed E-state index contributed by atoms with van der Waals surface area (Å²) in [7, 11) is 6.35. The van der Waals surface area contributed by atoms with E-state index in [9.17, 15) is 9.59 Å². The van der Waals surface area contributed by atoms with E-state index in [0.717, 1.165) is 30.5 Å². The Morgan fingerprint density at radius 1 is 0.577 bits per heavy atom. The highest BCUT2D eigenvalue weighted by Gasteiger charge is 2.41. The largest absolute Gasteiger partial charge is 0.496 e. The van der Waals surface area contributed by atoms with Crippen molar-refractivity contribution in [3.8, 4) is 11.5 Å². The van der Waals surface area contributed by atoms with Crippen molar-refractivity contribution in [1.29, 1.82) is 0 Å². The van der Waals surface area contributed by atoms with Crippen LogP contribution in [0.4, 0.5) is 22.7 Å². The number of halogens is 2. The summed E-state index contributed by atoms with van der Waals surface area (Å²) in [5.74, 6) is -2.21. The van der Waals surface area contributed by atoms with Crippen molar-refractivity contribution in [3.05, 3.63) is 129 Å². The van der Waals surface area contributed by atoms with Crippen molar-refractivity contribution >= 4 is 112 Å². The monoisotopic (exact) mass is 1090 g/mol. The Kier molecular flexibility index (Phi) is 15.4. The fourth-order valence-corrected chi connectivity index (χ4v) is 9.83. The molecule has 2 aliphatic heterocycles. The van der Waals surface area contributed by atoms with Gasteiger partial charge in [-0.3, -0.25) is 28.8 Å². The smallest absolute Gasteiger partial charge is 0.251 e. The average molecular weight is 1090 g/mol. The minimum Gasteiger partial charge on any atom is -0.496 e. The molecule has 0 saturated heterocycles. The zero-order valence-corrected chi connectivity index (χ0v) is 43.2. The number of carbonyl (C=O) groups is 6. The van der Waals surface area contributed by atoms with Crippen LogP contribution in [0.5, 0.6) is 11.5 Å². The zero-order valence-electron chi connectivity index (χ0n) is 40.0. The Balaban J connectivity index is 1.19. The van der Waals surface area contributed by atoms with Crippen LogP contribution in [0.1, 0.15) is 31.4 Å². The van der Waals surface area contributed by atoms with E-state index in [2.05, 4.69) is 53.1 Å². The first-order valence-electron chi connectivity index (χ1n) is 23.0. The van der Waals surface area contributed by atoms with Crippen molar-refractivity contribution in [1.82, 2.24) is 21.3 Å². The molecule has 2 aliphatic rings. The number of hydrogen-bond donors (Lipinski definition) is 4. The number of rotatable bonds is 14. The Hall–Kier alpha value is -6.86. The predicted octanol–water partition coefficient (Wildman–Crippen LogP) is 6.57. The van der Waals surface area contributed by atoms with Crippen molar-refractivity contribution < 1.29 is 38.2 Å². The molecule has 16 nitrogen and oxygen atoms in total. The topological polar surface area (TPSA) is 182 Å². The van der Waals surface area contributed by atoms with Gasteiger partial charge in [-0.15, -0.1) is 0 Å². The third-order valence-electron chi connectivity index (χ3n) is 13.1. The van der Waals surface area contributed by atoms with Crippen LogP contribution in [0.3, 0.4) is 0 Å². The van der Waals surface area contributed by atoms with Gasteiger partial charge in [-0.25, -0.2) is 0 Å². The maximum Gasteiger partial charge on any atom is 0.251 e. The number of benzene rings is 6. The number of likely N-dealkylation sites (N-methyl/N-ethyl adjacent to an activating group) is 2. The van der Waals surface area contributed by atoms with Gasteiger partial charge in [-0.05, 0) is 110 Å². The molecule has 6 aromatic rings. The van der Waals surface area contributed by atoms with E-state index in [1.807, 2.05) is 60.7 Å². The summed E-state index contributed by atoms with van der Waals surface area (Å²) in [6.45, 7) is 2.69. The number of anilines is 4. The van der Waals surface area contributed by atoms with E-state index in [0.29, 0.717) is 45.4 Å². The van der Waals surface area contributed by atoms with E-state index in [-0.39, 0.29) is 26.2 Å². The van der Waals surface area contributed by atoms with Gasteiger partial charge in [0.05, 0.1) is 75.2 Å². The average Bonchev–Trinajstić information content (AvgIpc) is 3.56. The van der Waals surface area contributed by atoms with Crippen LogP contribution in [0, 0.1) is 0 Å². The predicted molar refractivity (Wildman–Crippen MR) is 282 cm³/mol. The van der Waals surface area contributed by atoms with E-state index in [4.69, 9.17) is 9.47 Å². The van der Waals surface area contributed by atoms with Crippen molar-refractivity contribution in [2.24, 2.45) is 0 Å². The van der Waals surface area contributed by atoms with Gasteiger partial charge in [0.15, 0.2) is 0 Å². The molecule has 8 rings (SSSR count). The van der Waals surface area contributed by atoms with Gasteiger partial charge in [0, 0.05) is 20.1 Å². The van der Waals surface area contributed by atoms with E-state index < -0.39 is 66.0 Å². The highest BCUT2D eigenvalue weighted by atomic mass is 79.9. The van der Waals surface area contributed by atoms with Crippen LogP contribution in [-0.2, 0) is 41.9 Å². The summed E-state index contributed by atoms with van der Waals surface area (Å²) >= 11 is 7.12. The molecule has 18 heteroatoms. The molecule has 4 atom stereocenters. The summed E-state index contributed by atoms with van der Waals surface area (Å²) in [5.41, 5.74) is 2.80. The van der Waals surface area contributed by atoms with E-state index >= 15 is 19.2 Å². The van der Waals surface area contributed by atoms with Crippen molar-refractivity contribution in [2.75, 3.05) is 61.0 Å². The minimum absolute atomic E-state index is 0.00344. The molecule has 0 aromatic heterocycles. The molecule has 71 heavy (non-hydrogen) atoms.